The number of benzene rings is 2. The molecule has 1 aliphatic heterocycles. The van der Waals surface area contributed by atoms with E-state index in [2.05, 4.69) is 65.8 Å². The summed E-state index contributed by atoms with van der Waals surface area (Å²) in [5, 5.41) is 0. The van der Waals surface area contributed by atoms with Crippen LogP contribution in [0.2, 0.25) is 0 Å². The Morgan fingerprint density at radius 1 is 0.585 bits per heavy atom. The van der Waals surface area contributed by atoms with E-state index in [1.165, 1.54) is 20.9 Å². The van der Waals surface area contributed by atoms with Gasteiger partial charge in [0.25, 0.3) is 0 Å². The molecule has 1 heterocycles. The van der Waals surface area contributed by atoms with Gasteiger partial charge in [-0.2, -0.15) is 0 Å². The van der Waals surface area contributed by atoms with Crippen molar-refractivity contribution >= 4 is 17.8 Å². The summed E-state index contributed by atoms with van der Waals surface area (Å²) in [5.74, 6) is -0.834. The van der Waals surface area contributed by atoms with E-state index in [1.54, 1.807) is 0 Å². The number of carbonyl (C=O) groups excluding carboxylic acids is 3. The first-order valence-electron chi connectivity index (χ1n) is 15.0. The number of rotatable bonds is 12. The fourth-order valence-electron chi connectivity index (χ4n) is 5.46. The fourth-order valence-corrected chi connectivity index (χ4v) is 5.46. The summed E-state index contributed by atoms with van der Waals surface area (Å²) in [5.41, 5.74) is 14.1. The maximum atomic E-state index is 14.4. The van der Waals surface area contributed by atoms with Crippen LogP contribution in [0.1, 0.15) is 89.5 Å². The van der Waals surface area contributed by atoms with E-state index < -0.39 is 23.3 Å². The van der Waals surface area contributed by atoms with Crippen molar-refractivity contribution in [1.82, 2.24) is 9.80 Å². The second kappa shape index (κ2) is 13.3. The van der Waals surface area contributed by atoms with E-state index in [0.29, 0.717) is 38.8 Å². The van der Waals surface area contributed by atoms with Gasteiger partial charge in [0.05, 0.1) is 0 Å². The van der Waals surface area contributed by atoms with Crippen LogP contribution < -0.4 is 11.5 Å². The zero-order valence-corrected chi connectivity index (χ0v) is 26.0. The Labute approximate surface area is 246 Å². The number of urea groups is 1. The Kier molecular flexibility index (Phi) is 10.5. The largest absolute Gasteiger partial charge is 0.333 e. The van der Waals surface area contributed by atoms with Crippen molar-refractivity contribution in [2.24, 2.45) is 16.9 Å². The second-order valence-corrected chi connectivity index (χ2v) is 13.5. The van der Waals surface area contributed by atoms with E-state index >= 15 is 0 Å². The average Bonchev–Trinajstić information content (AvgIpc) is 2.91. The summed E-state index contributed by atoms with van der Waals surface area (Å²) >= 11 is 0. The third kappa shape index (κ3) is 7.63. The molecule has 7 heteroatoms. The van der Waals surface area contributed by atoms with Crippen LogP contribution in [0.15, 0.2) is 48.5 Å². The van der Waals surface area contributed by atoms with Gasteiger partial charge in [0.1, 0.15) is 5.41 Å². The molecule has 7 nitrogen and oxygen atoms in total. The lowest BCUT2D eigenvalue weighted by Gasteiger charge is -2.44. The zero-order valence-electron chi connectivity index (χ0n) is 26.0. The van der Waals surface area contributed by atoms with Crippen LogP contribution in [0.3, 0.4) is 0 Å². The minimum absolute atomic E-state index is 0.0203. The highest BCUT2D eigenvalue weighted by Crippen LogP contribution is 2.38. The van der Waals surface area contributed by atoms with E-state index in [-0.39, 0.29) is 36.8 Å². The first kappa shape index (κ1) is 32.5. The predicted molar refractivity (Wildman–Crippen MR) is 166 cm³/mol. The third-order valence-electron chi connectivity index (χ3n) is 8.09. The van der Waals surface area contributed by atoms with Crippen LogP contribution in [0.5, 0.6) is 0 Å². The first-order valence-corrected chi connectivity index (χ1v) is 15.0. The van der Waals surface area contributed by atoms with E-state index in [4.69, 9.17) is 11.5 Å². The van der Waals surface area contributed by atoms with Crippen LogP contribution in [0.4, 0.5) is 4.79 Å². The number of amides is 4. The van der Waals surface area contributed by atoms with Gasteiger partial charge in [-0.15, -0.1) is 0 Å². The van der Waals surface area contributed by atoms with Crippen LogP contribution in [0, 0.1) is 5.41 Å². The molecule has 1 fully saturated rings. The SMILES string of the molecule is CC(C)(C)c1ccc(CC2(Cc3ccc(C(C)(C)C)cc3)C(=O)N(CCCCN)C(=O)N(CCCCN)C2=O)cc1. The molecule has 4 N–H and O–H groups in total. The zero-order chi connectivity index (χ0) is 30.4. The van der Waals surface area contributed by atoms with Gasteiger partial charge in [-0.25, -0.2) is 4.79 Å². The number of nitrogens with zero attached hydrogens (tertiary/aromatic N) is 2. The smallest absolute Gasteiger partial charge is 0.330 e. The topological polar surface area (TPSA) is 110 Å². The van der Waals surface area contributed by atoms with Gasteiger partial charge < -0.3 is 11.5 Å². The van der Waals surface area contributed by atoms with E-state index in [1.807, 2.05) is 24.3 Å². The summed E-state index contributed by atoms with van der Waals surface area (Å²) in [6, 6.07) is 15.8. The van der Waals surface area contributed by atoms with Gasteiger partial charge >= 0.3 is 6.03 Å². The molecule has 41 heavy (non-hydrogen) atoms. The first-order chi connectivity index (χ1) is 19.2. The Bertz CT molecular complexity index is 1100. The molecule has 0 bridgehead atoms. The molecule has 0 spiro atoms. The molecule has 0 aliphatic carbocycles. The molecule has 1 saturated heterocycles. The molecule has 0 saturated carbocycles. The number of unbranched alkanes of at least 4 members (excludes halogenated alkanes) is 2. The van der Waals surface area contributed by atoms with Gasteiger partial charge in [-0.3, -0.25) is 19.4 Å². The normalized spacial score (nSPS) is 16.0. The highest BCUT2D eigenvalue weighted by atomic mass is 16.2. The second-order valence-electron chi connectivity index (χ2n) is 13.5. The van der Waals surface area contributed by atoms with Gasteiger partial charge in [0, 0.05) is 13.1 Å². The van der Waals surface area contributed by atoms with Crippen molar-refractivity contribution in [3.63, 3.8) is 0 Å². The highest BCUT2D eigenvalue weighted by molar-refractivity contribution is 6.19. The lowest BCUT2D eigenvalue weighted by Crippen LogP contribution is -2.66. The van der Waals surface area contributed by atoms with Gasteiger partial charge in [-0.05, 0) is 84.7 Å². The molecular formula is C34H50N4O3. The number of imide groups is 2. The molecule has 2 aromatic carbocycles. The van der Waals surface area contributed by atoms with Crippen molar-refractivity contribution < 1.29 is 14.4 Å². The number of nitrogens with two attached hydrogens (primary N) is 2. The Hall–Kier alpha value is -3.03. The molecule has 0 aromatic heterocycles. The van der Waals surface area contributed by atoms with Gasteiger partial charge in [0.2, 0.25) is 11.8 Å². The standard InChI is InChI=1S/C34H50N4O3/c1-32(2,3)27-15-11-25(12-16-27)23-34(24-26-13-17-28(18-14-26)33(4,5)6)29(39)37(21-9-7-19-35)31(41)38(30(34)40)22-10-8-20-36/h11-18H,7-10,19-24,35-36H2,1-6H3. The Morgan fingerprint density at radius 2 is 0.927 bits per heavy atom. The Balaban J connectivity index is 2.11. The Morgan fingerprint density at radius 3 is 1.22 bits per heavy atom. The van der Waals surface area contributed by atoms with Crippen molar-refractivity contribution in [2.75, 3.05) is 26.2 Å². The fraction of sp³-hybridized carbons (Fsp3) is 0.559. The molecule has 0 radical (unpaired) electrons. The minimum Gasteiger partial charge on any atom is -0.330 e. The number of carbonyl (C=O) groups is 3. The van der Waals surface area contributed by atoms with Gasteiger partial charge in [0.15, 0.2) is 0 Å². The maximum absolute atomic E-state index is 14.4. The molecular weight excluding hydrogens is 512 g/mol. The lowest BCUT2D eigenvalue weighted by molar-refractivity contribution is -0.159. The van der Waals surface area contributed by atoms with Crippen LogP contribution in [-0.4, -0.2) is 53.8 Å². The summed E-state index contributed by atoms with van der Waals surface area (Å²) in [4.78, 5) is 45.0. The van der Waals surface area contributed by atoms with Gasteiger partial charge in [-0.1, -0.05) is 90.1 Å². The van der Waals surface area contributed by atoms with Crippen LogP contribution >= 0.6 is 0 Å². The maximum Gasteiger partial charge on any atom is 0.333 e. The average molecular weight is 563 g/mol. The molecule has 224 valence electrons. The molecule has 2 aromatic rings. The third-order valence-corrected chi connectivity index (χ3v) is 8.09. The van der Waals surface area contributed by atoms with Crippen molar-refractivity contribution in [3.05, 3.63) is 70.8 Å². The number of hydrogen-bond acceptors (Lipinski definition) is 5. The monoisotopic (exact) mass is 562 g/mol. The summed E-state index contributed by atoms with van der Waals surface area (Å²) < 4.78 is 0. The molecule has 1 aliphatic rings. The van der Waals surface area contributed by atoms with Crippen LogP contribution in [0.25, 0.3) is 0 Å². The molecule has 3 rings (SSSR count). The minimum atomic E-state index is -1.44. The van der Waals surface area contributed by atoms with Crippen molar-refractivity contribution in [2.45, 2.75) is 90.9 Å². The number of hydrogen-bond donors (Lipinski definition) is 2. The van der Waals surface area contributed by atoms with E-state index in [0.717, 1.165) is 11.1 Å². The van der Waals surface area contributed by atoms with Crippen molar-refractivity contribution in [1.29, 1.82) is 0 Å². The summed E-state index contributed by atoms with van der Waals surface area (Å²) in [6.45, 7) is 14.4. The quantitative estimate of drug-likeness (QED) is 0.269. The molecule has 0 unspecified atom stereocenters. The number of barbiturate groups is 1. The van der Waals surface area contributed by atoms with Crippen molar-refractivity contribution in [3.8, 4) is 0 Å². The summed E-state index contributed by atoms with van der Waals surface area (Å²) in [6.07, 6.45) is 2.99. The van der Waals surface area contributed by atoms with E-state index in [9.17, 15) is 14.4 Å². The predicted octanol–water partition coefficient (Wildman–Crippen LogP) is 5.32. The molecule has 0 atom stereocenters. The molecule has 4 amide bonds. The lowest BCUT2D eigenvalue weighted by atomic mass is 9.72. The summed E-state index contributed by atoms with van der Waals surface area (Å²) in [7, 11) is 0. The van der Waals surface area contributed by atoms with Crippen LogP contribution in [-0.2, 0) is 33.3 Å². The highest BCUT2D eigenvalue weighted by Gasteiger charge is 2.56.